The fourth-order valence-corrected chi connectivity index (χ4v) is 2.23. The average molecular weight is 350 g/mol. The van der Waals surface area contributed by atoms with E-state index >= 15 is 0 Å². The molecule has 0 saturated heterocycles. The van der Waals surface area contributed by atoms with Crippen molar-refractivity contribution in [3.8, 4) is 5.75 Å². The van der Waals surface area contributed by atoms with Crippen molar-refractivity contribution in [2.75, 3.05) is 5.43 Å². The molecule has 0 unspecified atom stereocenters. The molecule has 0 heterocycles. The summed E-state index contributed by atoms with van der Waals surface area (Å²) in [7, 11) is 0. The molecule has 3 nitrogen and oxygen atoms in total. The first kappa shape index (κ1) is 15.3. The van der Waals surface area contributed by atoms with E-state index in [0.717, 1.165) is 0 Å². The fraction of sp³-hybridized carbons (Fsp3) is 0. The lowest BCUT2D eigenvalue weighted by Gasteiger charge is -2.04. The van der Waals surface area contributed by atoms with Crippen LogP contribution >= 0.6 is 46.4 Å². The molecule has 2 N–H and O–H groups in total. The lowest BCUT2D eigenvalue weighted by Crippen LogP contribution is -1.91. The van der Waals surface area contributed by atoms with Gasteiger partial charge in [0.25, 0.3) is 0 Å². The number of anilines is 1. The van der Waals surface area contributed by atoms with Crippen molar-refractivity contribution in [1.82, 2.24) is 0 Å². The van der Waals surface area contributed by atoms with Crippen LogP contribution in [0.2, 0.25) is 20.1 Å². The van der Waals surface area contributed by atoms with E-state index in [-0.39, 0.29) is 10.8 Å². The van der Waals surface area contributed by atoms with Gasteiger partial charge in [0.05, 0.1) is 27.0 Å². The molecule has 7 heteroatoms. The summed E-state index contributed by atoms with van der Waals surface area (Å²) in [5.74, 6) is -0.0873. The summed E-state index contributed by atoms with van der Waals surface area (Å²) in [6, 6.07) is 7.99. The fourth-order valence-electron chi connectivity index (χ4n) is 1.43. The molecule has 0 fully saturated rings. The van der Waals surface area contributed by atoms with E-state index in [1.54, 1.807) is 24.3 Å². The summed E-state index contributed by atoms with van der Waals surface area (Å²) >= 11 is 23.3. The average Bonchev–Trinajstić information content (AvgIpc) is 2.39. The standard InChI is InChI=1S/C13H8Cl4N2O/c14-8-3-7(13(20)12(17)4-8)6-18-19-9-1-2-10(15)11(16)5-9/h1-6,19-20H/b18-6+. The van der Waals surface area contributed by atoms with E-state index in [4.69, 9.17) is 46.4 Å². The van der Waals surface area contributed by atoms with Crippen LogP contribution in [0, 0.1) is 0 Å². The Morgan fingerprint density at radius 2 is 1.70 bits per heavy atom. The van der Waals surface area contributed by atoms with Crippen molar-refractivity contribution in [2.24, 2.45) is 5.10 Å². The third-order valence-electron chi connectivity index (χ3n) is 2.37. The lowest BCUT2D eigenvalue weighted by molar-refractivity contribution is 0.475. The maximum absolute atomic E-state index is 9.75. The van der Waals surface area contributed by atoms with Gasteiger partial charge >= 0.3 is 0 Å². The Bertz CT molecular complexity index is 674. The molecule has 20 heavy (non-hydrogen) atoms. The van der Waals surface area contributed by atoms with E-state index in [9.17, 15) is 5.11 Å². The molecule has 104 valence electrons. The van der Waals surface area contributed by atoms with Crippen LogP contribution in [0.3, 0.4) is 0 Å². The van der Waals surface area contributed by atoms with E-state index in [1.165, 1.54) is 12.3 Å². The second-order valence-electron chi connectivity index (χ2n) is 3.82. The van der Waals surface area contributed by atoms with Crippen molar-refractivity contribution in [3.05, 3.63) is 56.0 Å². The Morgan fingerprint density at radius 3 is 2.40 bits per heavy atom. The summed E-state index contributed by atoms with van der Waals surface area (Å²) in [5, 5.41) is 15.2. The molecule has 0 spiro atoms. The van der Waals surface area contributed by atoms with Gasteiger partial charge in [-0.1, -0.05) is 46.4 Å². The van der Waals surface area contributed by atoms with Gasteiger partial charge in [0.2, 0.25) is 0 Å². The number of phenolic OH excluding ortho intramolecular Hbond substituents is 1. The highest BCUT2D eigenvalue weighted by molar-refractivity contribution is 6.42. The monoisotopic (exact) mass is 348 g/mol. The number of hydrazone groups is 1. The molecule has 0 saturated carbocycles. The number of nitrogens with zero attached hydrogens (tertiary/aromatic N) is 1. The third kappa shape index (κ3) is 3.70. The van der Waals surface area contributed by atoms with Gasteiger partial charge in [0, 0.05) is 10.6 Å². The van der Waals surface area contributed by atoms with Crippen molar-refractivity contribution in [1.29, 1.82) is 0 Å². The molecule has 2 rings (SSSR count). The Kier molecular flexibility index (Phi) is 5.00. The Balaban J connectivity index is 2.16. The van der Waals surface area contributed by atoms with Gasteiger partial charge in [-0.25, -0.2) is 0 Å². The second kappa shape index (κ2) is 6.55. The zero-order valence-corrected chi connectivity index (χ0v) is 12.9. The van der Waals surface area contributed by atoms with Crippen LogP contribution in [0.15, 0.2) is 35.4 Å². The Labute approximate surface area is 135 Å². The molecular weight excluding hydrogens is 342 g/mol. The van der Waals surface area contributed by atoms with E-state index in [2.05, 4.69) is 10.5 Å². The molecule has 0 aliphatic carbocycles. The summed E-state index contributed by atoms with van der Waals surface area (Å²) < 4.78 is 0. The van der Waals surface area contributed by atoms with Crippen LogP contribution in [0.4, 0.5) is 5.69 Å². The molecule has 2 aromatic rings. The van der Waals surface area contributed by atoms with Gasteiger partial charge in [0.1, 0.15) is 5.75 Å². The van der Waals surface area contributed by atoms with Crippen LogP contribution < -0.4 is 5.43 Å². The zero-order valence-electron chi connectivity index (χ0n) is 9.87. The number of hydrogen-bond donors (Lipinski definition) is 2. The van der Waals surface area contributed by atoms with Crippen LogP contribution in [-0.2, 0) is 0 Å². The van der Waals surface area contributed by atoms with Crippen LogP contribution in [-0.4, -0.2) is 11.3 Å². The largest absolute Gasteiger partial charge is 0.506 e. The molecule has 0 amide bonds. The first-order valence-corrected chi connectivity index (χ1v) is 6.90. The lowest BCUT2D eigenvalue weighted by atomic mass is 10.2. The van der Waals surface area contributed by atoms with Gasteiger partial charge in [-0.2, -0.15) is 5.10 Å². The highest BCUT2D eigenvalue weighted by atomic mass is 35.5. The summed E-state index contributed by atoms with van der Waals surface area (Å²) in [6.45, 7) is 0. The molecular formula is C13H8Cl4N2O. The second-order valence-corrected chi connectivity index (χ2v) is 5.48. The summed E-state index contributed by atoms with van der Waals surface area (Å²) in [6.07, 6.45) is 1.40. The molecule has 0 atom stereocenters. The van der Waals surface area contributed by atoms with Crippen LogP contribution in [0.25, 0.3) is 0 Å². The molecule has 2 aromatic carbocycles. The normalized spacial score (nSPS) is 11.0. The highest BCUT2D eigenvalue weighted by Gasteiger charge is 2.05. The molecule has 0 aliphatic rings. The minimum Gasteiger partial charge on any atom is -0.506 e. The predicted octanol–water partition coefficient (Wildman–Crippen LogP) is 5.45. The number of phenols is 1. The maximum Gasteiger partial charge on any atom is 0.143 e. The highest BCUT2D eigenvalue weighted by Crippen LogP contribution is 2.30. The summed E-state index contributed by atoms with van der Waals surface area (Å²) in [4.78, 5) is 0. The molecule has 0 bridgehead atoms. The number of nitrogens with one attached hydrogen (secondary N) is 1. The van der Waals surface area contributed by atoms with Crippen molar-refractivity contribution >= 4 is 58.3 Å². The Hall–Kier alpha value is -1.13. The molecule has 0 aliphatic heterocycles. The first-order valence-electron chi connectivity index (χ1n) is 5.39. The summed E-state index contributed by atoms with van der Waals surface area (Å²) in [5.41, 5.74) is 3.81. The third-order valence-corrected chi connectivity index (χ3v) is 3.62. The molecule has 0 aromatic heterocycles. The van der Waals surface area contributed by atoms with Crippen LogP contribution in [0.5, 0.6) is 5.75 Å². The number of halogens is 4. The number of rotatable bonds is 3. The van der Waals surface area contributed by atoms with Gasteiger partial charge < -0.3 is 5.11 Å². The number of benzene rings is 2. The van der Waals surface area contributed by atoms with Crippen molar-refractivity contribution < 1.29 is 5.11 Å². The minimum atomic E-state index is -0.0873. The van der Waals surface area contributed by atoms with Crippen molar-refractivity contribution in [3.63, 3.8) is 0 Å². The van der Waals surface area contributed by atoms with Gasteiger partial charge in [0.15, 0.2) is 0 Å². The maximum atomic E-state index is 9.75. The predicted molar refractivity (Wildman–Crippen MR) is 85.8 cm³/mol. The topological polar surface area (TPSA) is 44.6 Å². The van der Waals surface area contributed by atoms with Gasteiger partial charge in [-0.15, -0.1) is 0 Å². The SMILES string of the molecule is Oc1c(Cl)cc(Cl)cc1/C=N/Nc1ccc(Cl)c(Cl)c1. The van der Waals surface area contributed by atoms with Crippen LogP contribution in [0.1, 0.15) is 5.56 Å². The number of hydrogen-bond acceptors (Lipinski definition) is 3. The van der Waals surface area contributed by atoms with E-state index < -0.39 is 0 Å². The zero-order chi connectivity index (χ0) is 14.7. The first-order chi connectivity index (χ1) is 9.47. The van der Waals surface area contributed by atoms with E-state index in [1.807, 2.05) is 0 Å². The smallest absolute Gasteiger partial charge is 0.143 e. The van der Waals surface area contributed by atoms with Crippen molar-refractivity contribution in [2.45, 2.75) is 0 Å². The molecule has 0 radical (unpaired) electrons. The minimum absolute atomic E-state index is 0.0873. The van der Waals surface area contributed by atoms with Gasteiger partial charge in [-0.05, 0) is 30.3 Å². The number of aromatic hydroxyl groups is 1. The van der Waals surface area contributed by atoms with Gasteiger partial charge in [-0.3, -0.25) is 5.43 Å². The quantitative estimate of drug-likeness (QED) is 0.571. The van der Waals surface area contributed by atoms with E-state index in [0.29, 0.717) is 26.3 Å². The Morgan fingerprint density at radius 1 is 0.950 bits per heavy atom.